The van der Waals surface area contributed by atoms with E-state index in [2.05, 4.69) is 16.4 Å². The SMILES string of the molecule is C=CCc1ccc(OC[C@@H](O)CN2CCN(c3ccc(F)cc3)CC2)c(OC)c1. The van der Waals surface area contributed by atoms with E-state index in [1.165, 1.54) is 12.1 Å². The Balaban J connectivity index is 1.45. The van der Waals surface area contributed by atoms with E-state index in [1.807, 2.05) is 24.3 Å². The number of β-amino-alcohol motifs (C(OH)–C–C–N with tert-alkyl or cyclic N) is 1. The number of benzene rings is 2. The molecule has 6 heteroatoms. The second-order valence-corrected chi connectivity index (χ2v) is 7.21. The Labute approximate surface area is 172 Å². The van der Waals surface area contributed by atoms with Crippen LogP contribution in [0.1, 0.15) is 5.56 Å². The highest BCUT2D eigenvalue weighted by molar-refractivity contribution is 5.46. The number of rotatable bonds is 9. The van der Waals surface area contributed by atoms with Crippen LogP contribution in [-0.2, 0) is 6.42 Å². The molecule has 1 N–H and O–H groups in total. The average molecular weight is 400 g/mol. The third-order valence-corrected chi connectivity index (χ3v) is 5.07. The Hall–Kier alpha value is -2.57. The predicted octanol–water partition coefficient (Wildman–Crippen LogP) is 3.12. The summed E-state index contributed by atoms with van der Waals surface area (Å²) >= 11 is 0. The van der Waals surface area contributed by atoms with E-state index in [4.69, 9.17) is 9.47 Å². The van der Waals surface area contributed by atoms with Crippen molar-refractivity contribution in [2.75, 3.05) is 51.3 Å². The number of anilines is 1. The second-order valence-electron chi connectivity index (χ2n) is 7.21. The predicted molar refractivity (Wildman–Crippen MR) is 113 cm³/mol. The summed E-state index contributed by atoms with van der Waals surface area (Å²) in [6.07, 6.45) is 2.02. The molecule has 29 heavy (non-hydrogen) atoms. The minimum absolute atomic E-state index is 0.204. The monoisotopic (exact) mass is 400 g/mol. The summed E-state index contributed by atoms with van der Waals surface area (Å²) < 4.78 is 24.3. The van der Waals surface area contributed by atoms with Crippen molar-refractivity contribution in [1.29, 1.82) is 0 Å². The number of ether oxygens (including phenoxy) is 2. The molecule has 2 aromatic carbocycles. The number of aliphatic hydroxyl groups excluding tert-OH is 1. The molecule has 0 amide bonds. The number of methoxy groups -OCH3 is 1. The molecule has 156 valence electrons. The number of aliphatic hydroxyl groups is 1. The highest BCUT2D eigenvalue weighted by atomic mass is 19.1. The van der Waals surface area contributed by atoms with Crippen LogP contribution in [0.3, 0.4) is 0 Å². The molecule has 2 aromatic rings. The summed E-state index contributed by atoms with van der Waals surface area (Å²) in [5, 5.41) is 10.4. The molecule has 0 radical (unpaired) electrons. The van der Waals surface area contributed by atoms with Crippen LogP contribution >= 0.6 is 0 Å². The smallest absolute Gasteiger partial charge is 0.161 e. The summed E-state index contributed by atoms with van der Waals surface area (Å²) in [4.78, 5) is 4.45. The van der Waals surface area contributed by atoms with Crippen LogP contribution in [0.4, 0.5) is 10.1 Å². The van der Waals surface area contributed by atoms with Gasteiger partial charge in [-0.3, -0.25) is 4.90 Å². The lowest BCUT2D eigenvalue weighted by atomic mass is 10.1. The Morgan fingerprint density at radius 1 is 1.10 bits per heavy atom. The van der Waals surface area contributed by atoms with Gasteiger partial charge in [0.25, 0.3) is 0 Å². The molecule has 1 saturated heterocycles. The van der Waals surface area contributed by atoms with Crippen molar-refractivity contribution in [2.24, 2.45) is 0 Å². The number of halogens is 1. The van der Waals surface area contributed by atoms with E-state index >= 15 is 0 Å². The number of hydrogen-bond acceptors (Lipinski definition) is 5. The van der Waals surface area contributed by atoms with Crippen molar-refractivity contribution in [1.82, 2.24) is 4.90 Å². The van der Waals surface area contributed by atoms with Crippen LogP contribution in [0.25, 0.3) is 0 Å². The first-order chi connectivity index (χ1) is 14.1. The highest BCUT2D eigenvalue weighted by Crippen LogP contribution is 2.28. The molecule has 0 bridgehead atoms. The van der Waals surface area contributed by atoms with Gasteiger partial charge in [-0.25, -0.2) is 4.39 Å². The molecule has 1 aliphatic heterocycles. The molecule has 1 atom stereocenters. The Bertz CT molecular complexity index is 789. The maximum absolute atomic E-state index is 13.1. The largest absolute Gasteiger partial charge is 0.493 e. The Morgan fingerprint density at radius 2 is 1.83 bits per heavy atom. The maximum atomic E-state index is 13.1. The van der Waals surface area contributed by atoms with Gasteiger partial charge in [-0.2, -0.15) is 0 Å². The van der Waals surface area contributed by atoms with Crippen LogP contribution < -0.4 is 14.4 Å². The summed E-state index contributed by atoms with van der Waals surface area (Å²) in [6, 6.07) is 12.4. The van der Waals surface area contributed by atoms with Crippen molar-refractivity contribution in [3.05, 3.63) is 66.5 Å². The topological polar surface area (TPSA) is 45.2 Å². The minimum atomic E-state index is -0.593. The van der Waals surface area contributed by atoms with Gasteiger partial charge in [0.05, 0.1) is 7.11 Å². The van der Waals surface area contributed by atoms with E-state index in [-0.39, 0.29) is 12.4 Å². The van der Waals surface area contributed by atoms with Crippen molar-refractivity contribution >= 4 is 5.69 Å². The van der Waals surface area contributed by atoms with Gasteiger partial charge in [-0.15, -0.1) is 6.58 Å². The number of piperazine rings is 1. The first-order valence-corrected chi connectivity index (χ1v) is 9.90. The van der Waals surface area contributed by atoms with E-state index in [9.17, 15) is 9.50 Å². The molecule has 3 rings (SSSR count). The van der Waals surface area contributed by atoms with Crippen molar-refractivity contribution in [3.63, 3.8) is 0 Å². The summed E-state index contributed by atoms with van der Waals surface area (Å²) in [6.45, 7) is 7.87. The van der Waals surface area contributed by atoms with Crippen molar-refractivity contribution in [2.45, 2.75) is 12.5 Å². The first-order valence-electron chi connectivity index (χ1n) is 9.90. The molecule has 0 spiro atoms. The molecular weight excluding hydrogens is 371 g/mol. The van der Waals surface area contributed by atoms with Gasteiger partial charge in [0.15, 0.2) is 11.5 Å². The summed E-state index contributed by atoms with van der Waals surface area (Å²) in [5.41, 5.74) is 2.13. The molecule has 5 nitrogen and oxygen atoms in total. The Morgan fingerprint density at radius 3 is 2.48 bits per heavy atom. The van der Waals surface area contributed by atoms with Gasteiger partial charge in [-0.05, 0) is 48.4 Å². The van der Waals surface area contributed by atoms with Gasteiger partial charge < -0.3 is 19.5 Å². The quantitative estimate of drug-likeness (QED) is 0.656. The van der Waals surface area contributed by atoms with Crippen molar-refractivity contribution in [3.8, 4) is 11.5 Å². The van der Waals surface area contributed by atoms with Gasteiger partial charge in [-0.1, -0.05) is 12.1 Å². The van der Waals surface area contributed by atoms with Crippen LogP contribution in [-0.4, -0.2) is 62.6 Å². The molecule has 0 aliphatic carbocycles. The normalized spacial score (nSPS) is 15.8. The minimum Gasteiger partial charge on any atom is -0.493 e. The van der Waals surface area contributed by atoms with Crippen LogP contribution in [0, 0.1) is 5.82 Å². The Kier molecular flexibility index (Phi) is 7.49. The van der Waals surface area contributed by atoms with Crippen LogP contribution in [0.15, 0.2) is 55.1 Å². The molecule has 1 aliphatic rings. The molecule has 1 fully saturated rings. The van der Waals surface area contributed by atoms with E-state index in [0.29, 0.717) is 18.0 Å². The second kappa shape index (κ2) is 10.3. The molecular formula is C23H29FN2O3. The van der Waals surface area contributed by atoms with Gasteiger partial charge in [0.2, 0.25) is 0 Å². The van der Waals surface area contributed by atoms with Gasteiger partial charge >= 0.3 is 0 Å². The van der Waals surface area contributed by atoms with Crippen molar-refractivity contribution < 1.29 is 19.0 Å². The van der Waals surface area contributed by atoms with E-state index in [0.717, 1.165) is 43.9 Å². The molecule has 1 heterocycles. The maximum Gasteiger partial charge on any atom is 0.161 e. The van der Waals surface area contributed by atoms with Crippen LogP contribution in [0.5, 0.6) is 11.5 Å². The van der Waals surface area contributed by atoms with Crippen LogP contribution in [0.2, 0.25) is 0 Å². The standard InChI is InChI=1S/C23H29FN2O3/c1-3-4-18-5-10-22(23(15-18)28-2)29-17-21(27)16-25-11-13-26(14-12-25)20-8-6-19(24)7-9-20/h3,5-10,15,21,27H,1,4,11-14,16-17H2,2H3/t21-/m0/s1. The summed E-state index contributed by atoms with van der Waals surface area (Å²) in [7, 11) is 1.61. The number of nitrogens with zero attached hydrogens (tertiary/aromatic N) is 2. The fourth-order valence-corrected chi connectivity index (χ4v) is 3.50. The van der Waals surface area contributed by atoms with Gasteiger partial charge in [0, 0.05) is 38.4 Å². The molecule has 0 aromatic heterocycles. The molecule has 0 saturated carbocycles. The zero-order chi connectivity index (χ0) is 20.6. The lowest BCUT2D eigenvalue weighted by molar-refractivity contribution is 0.0653. The molecule has 0 unspecified atom stereocenters. The lowest BCUT2D eigenvalue weighted by Crippen LogP contribution is -2.49. The third kappa shape index (κ3) is 5.95. The fraction of sp³-hybridized carbons (Fsp3) is 0.391. The van der Waals surface area contributed by atoms with E-state index in [1.54, 1.807) is 19.2 Å². The van der Waals surface area contributed by atoms with E-state index < -0.39 is 6.10 Å². The number of hydrogen-bond donors (Lipinski definition) is 1. The third-order valence-electron chi connectivity index (χ3n) is 5.07. The zero-order valence-corrected chi connectivity index (χ0v) is 16.9. The van der Waals surface area contributed by atoms with Gasteiger partial charge in [0.1, 0.15) is 18.5 Å². The average Bonchev–Trinajstić information content (AvgIpc) is 2.74. The lowest BCUT2D eigenvalue weighted by Gasteiger charge is -2.36. The zero-order valence-electron chi connectivity index (χ0n) is 16.9. The fourth-order valence-electron chi connectivity index (χ4n) is 3.50. The summed E-state index contributed by atoms with van der Waals surface area (Å²) in [5.74, 6) is 1.06. The number of allylic oxidation sites excluding steroid dienone is 1. The first kappa shape index (κ1) is 21.1. The highest BCUT2D eigenvalue weighted by Gasteiger charge is 2.20.